The molecule has 5 N–H and O–H groups in total. The Bertz CT molecular complexity index is 2060. The smallest absolute Gasteiger partial charge is 0.744 e. The van der Waals surface area contributed by atoms with Crippen molar-refractivity contribution in [1.29, 1.82) is 0 Å². The molecule has 2 heterocycles. The summed E-state index contributed by atoms with van der Waals surface area (Å²) in [5, 5.41) is 51.4. The first kappa shape index (κ1) is 40.9. The first-order valence-electron chi connectivity index (χ1n) is 12.5. The fourth-order valence-electron chi connectivity index (χ4n) is 4.44. The molecule has 0 aliphatic carbocycles. The van der Waals surface area contributed by atoms with Gasteiger partial charge in [-0.25, -0.2) is 13.0 Å². The molecule has 0 radical (unpaired) electrons. The van der Waals surface area contributed by atoms with Gasteiger partial charge in [0.05, 0.1) is 51.6 Å². The van der Waals surface area contributed by atoms with Crippen LogP contribution in [0.5, 0.6) is 5.88 Å². The maximum atomic E-state index is 13.6. The van der Waals surface area contributed by atoms with E-state index in [9.17, 15) is 52.7 Å². The van der Waals surface area contributed by atoms with E-state index in [4.69, 9.17) is 5.73 Å². The van der Waals surface area contributed by atoms with E-state index in [-0.39, 0.29) is 92.6 Å². The molecule has 2 aromatic carbocycles. The predicted molar refractivity (Wildman–Crippen MR) is 151 cm³/mol. The zero-order chi connectivity index (χ0) is 33.8. The van der Waals surface area contributed by atoms with Crippen LogP contribution < -0.4 is 75.7 Å². The van der Waals surface area contributed by atoms with E-state index in [1.807, 2.05) is 0 Å². The van der Waals surface area contributed by atoms with Crippen LogP contribution in [0.3, 0.4) is 0 Å². The molecule has 0 fully saturated rings. The molecule has 0 unspecified atom stereocenters. The zero-order valence-corrected chi connectivity index (χ0v) is 30.4. The number of carbonyl (C=O) groups excluding carboxylic acids is 1. The summed E-state index contributed by atoms with van der Waals surface area (Å²) in [7, 11) is -5.12. The van der Waals surface area contributed by atoms with Crippen LogP contribution in [-0.4, -0.2) is 55.7 Å². The number of aromatic nitrogens is 2. The Morgan fingerprint density at radius 3 is 2.25 bits per heavy atom. The number of hydrogen-bond donors (Lipinski definition) is 4. The standard InChI is InChI=1S/C26H21N5O13S2.2Na/c27-24(36)16-11-18(26(38)31(25(16)37)19-10-13(46(40,41)42)3-6-20(19)45-44-43-39)30-29-17-5-4-14(23-15(17)2-1-7-28-23)12(8-21(32)33)9-22(34)35;;/h1-7,10-12,37,39H,8-9H2,(H2,27,36)(H,32,33)(H,34,35)(H,40,41,42);;/q;2*+1/p-2. The molecule has 0 bridgehead atoms. The zero-order valence-electron chi connectivity index (χ0n) is 24.8. The number of fused-ring (bicyclic) bond motifs is 1. The Labute approximate surface area is 318 Å². The predicted octanol–water partition coefficient (Wildman–Crippen LogP) is -4.22. The maximum absolute atomic E-state index is 13.6. The monoisotopic (exact) mass is 719 g/mol. The van der Waals surface area contributed by atoms with Gasteiger partial charge in [0.1, 0.15) is 15.7 Å². The Morgan fingerprint density at radius 1 is 1.02 bits per heavy atom. The second-order valence-corrected chi connectivity index (χ2v) is 11.4. The molecule has 4 rings (SSSR count). The van der Waals surface area contributed by atoms with Gasteiger partial charge >= 0.3 is 71.1 Å². The van der Waals surface area contributed by atoms with Crippen LogP contribution in [-0.2, 0) is 29.1 Å². The summed E-state index contributed by atoms with van der Waals surface area (Å²) >= 11 is 0.168. The number of nitrogens with two attached hydrogens (primary N) is 1. The van der Waals surface area contributed by atoms with Crippen LogP contribution in [0.25, 0.3) is 16.6 Å². The van der Waals surface area contributed by atoms with Gasteiger partial charge in [0.25, 0.3) is 11.5 Å². The average molecular weight is 720 g/mol. The van der Waals surface area contributed by atoms with Gasteiger partial charge in [-0.05, 0) is 48.0 Å². The Morgan fingerprint density at radius 2 is 1.67 bits per heavy atom. The summed E-state index contributed by atoms with van der Waals surface area (Å²) in [5.74, 6) is -5.79. The largest absolute Gasteiger partial charge is 1.00 e. The summed E-state index contributed by atoms with van der Waals surface area (Å²) in [4.78, 5) is 51.8. The molecule has 240 valence electrons. The molecule has 0 saturated carbocycles. The second-order valence-electron chi connectivity index (χ2n) is 9.24. The number of aromatic hydroxyl groups is 1. The number of primary amides is 1. The molecule has 22 heteroatoms. The quantitative estimate of drug-likeness (QED) is 0.0254. The normalized spacial score (nSPS) is 11.3. The molecule has 0 aliphatic rings. The van der Waals surface area contributed by atoms with Crippen molar-refractivity contribution in [3.05, 3.63) is 76.2 Å². The third kappa shape index (κ3) is 9.46. The van der Waals surface area contributed by atoms with Gasteiger partial charge in [0, 0.05) is 17.5 Å². The molecule has 0 saturated heterocycles. The van der Waals surface area contributed by atoms with Crippen LogP contribution in [0, 0.1) is 0 Å². The van der Waals surface area contributed by atoms with Gasteiger partial charge in [-0.1, -0.05) is 6.07 Å². The van der Waals surface area contributed by atoms with Crippen LogP contribution in [0.1, 0.15) is 34.7 Å². The number of azo groups is 1. The maximum Gasteiger partial charge on any atom is 1.00 e. The van der Waals surface area contributed by atoms with Crippen LogP contribution in [0.2, 0.25) is 0 Å². The van der Waals surface area contributed by atoms with Crippen LogP contribution >= 0.6 is 12.0 Å². The van der Waals surface area contributed by atoms with Crippen molar-refractivity contribution >= 4 is 62.3 Å². The van der Waals surface area contributed by atoms with Crippen molar-refractivity contribution in [3.8, 4) is 11.6 Å². The van der Waals surface area contributed by atoms with Crippen molar-refractivity contribution in [2.45, 2.75) is 28.6 Å². The Kier molecular flexibility index (Phi) is 14.9. The summed E-state index contributed by atoms with van der Waals surface area (Å²) in [6.07, 6.45) is 0.363. The van der Waals surface area contributed by atoms with Gasteiger partial charge in [-0.2, -0.15) is 4.33 Å². The third-order valence-corrected chi connectivity index (χ3v) is 7.84. The van der Waals surface area contributed by atoms with Crippen molar-refractivity contribution in [1.82, 2.24) is 9.55 Å². The fourth-order valence-corrected chi connectivity index (χ4v) is 5.39. The molecule has 18 nitrogen and oxygen atoms in total. The van der Waals surface area contributed by atoms with Gasteiger partial charge in [-0.15, -0.1) is 10.2 Å². The first-order chi connectivity index (χ1) is 21.7. The molecule has 0 atom stereocenters. The molecule has 2 aromatic heterocycles. The average Bonchev–Trinajstić information content (AvgIpc) is 2.98. The number of benzene rings is 2. The topological polar surface area (TPSA) is 296 Å². The number of aliphatic carboxylic acids is 2. The first-order valence-corrected chi connectivity index (χ1v) is 14.6. The van der Waals surface area contributed by atoms with Crippen LogP contribution in [0.15, 0.2) is 79.5 Å². The summed E-state index contributed by atoms with van der Waals surface area (Å²) in [6, 6.07) is 9.04. The van der Waals surface area contributed by atoms with E-state index in [0.29, 0.717) is 16.2 Å². The molecule has 48 heavy (non-hydrogen) atoms. The van der Waals surface area contributed by atoms with E-state index < -0.39 is 80.0 Å². The third-order valence-electron chi connectivity index (χ3n) is 6.36. The number of carbonyl (C=O) groups is 3. The molecule has 4 aromatic rings. The van der Waals surface area contributed by atoms with Crippen molar-refractivity contribution in [2.75, 3.05) is 0 Å². The summed E-state index contributed by atoms with van der Waals surface area (Å²) in [6.45, 7) is 0. The summed E-state index contributed by atoms with van der Waals surface area (Å²) < 4.78 is 39.7. The minimum Gasteiger partial charge on any atom is -0.744 e. The Balaban J connectivity index is 0.00000400. The SMILES string of the molecule is NC(=O)c1cc(N=Nc2ccc(C(CC(=O)O)CC(=O)O)c3ncccc23)c(=O)n(-c2cc(S(=O)(=O)[O-])ccc2SOO[O-])c1O.[Na+].[Na+]. The van der Waals surface area contributed by atoms with Gasteiger partial charge < -0.3 is 30.9 Å². The van der Waals surface area contributed by atoms with Crippen molar-refractivity contribution in [2.24, 2.45) is 16.0 Å². The molecular weight excluding hydrogens is 700 g/mol. The van der Waals surface area contributed by atoms with Crippen LogP contribution in [0.4, 0.5) is 11.4 Å². The fraction of sp³-hybridized carbons (Fsp3) is 0.115. The number of pyridine rings is 2. The minimum absolute atomic E-state index is 0. The number of carboxylic acid groups (broad SMARTS) is 2. The number of nitrogens with zero attached hydrogens (tertiary/aromatic N) is 4. The molecule has 1 amide bonds. The van der Waals surface area contributed by atoms with Gasteiger partial charge in [0.2, 0.25) is 5.88 Å². The van der Waals surface area contributed by atoms with Gasteiger partial charge in [0.15, 0.2) is 5.69 Å². The number of hydrogen-bond acceptors (Lipinski definition) is 15. The van der Waals surface area contributed by atoms with Gasteiger partial charge in [-0.3, -0.25) is 29.2 Å². The summed E-state index contributed by atoms with van der Waals surface area (Å²) in [5.41, 5.74) is 2.86. The molecular formula is C26H19N5Na2O13S2. The van der Waals surface area contributed by atoms with Crippen molar-refractivity contribution < 1.29 is 116 Å². The van der Waals surface area contributed by atoms with E-state index in [2.05, 4.69) is 24.6 Å². The van der Waals surface area contributed by atoms with E-state index in [0.717, 1.165) is 18.2 Å². The minimum atomic E-state index is -5.12. The van der Waals surface area contributed by atoms with Crippen molar-refractivity contribution in [3.63, 3.8) is 0 Å². The number of carboxylic acids is 2. The second kappa shape index (κ2) is 17.4. The van der Waals surface area contributed by atoms with E-state index in [1.54, 1.807) is 0 Å². The molecule has 0 aliphatic heterocycles. The van der Waals surface area contributed by atoms with E-state index in [1.165, 1.54) is 30.5 Å². The Hall–Kier alpha value is -3.25. The number of amides is 1. The van der Waals surface area contributed by atoms with E-state index >= 15 is 0 Å². The number of rotatable bonds is 13. The molecule has 0 spiro atoms.